The van der Waals surface area contributed by atoms with Crippen LogP contribution in [-0.4, -0.2) is 49.6 Å². The predicted octanol–water partition coefficient (Wildman–Crippen LogP) is 7.97. The van der Waals surface area contributed by atoms with Gasteiger partial charge in [-0.15, -0.1) is 0 Å². The number of nitrogens with zero attached hydrogens (tertiary/aromatic N) is 3. The third-order valence-corrected chi connectivity index (χ3v) is 9.60. The van der Waals surface area contributed by atoms with Crippen LogP contribution < -0.4 is 15.1 Å². The summed E-state index contributed by atoms with van der Waals surface area (Å²) in [6, 6.07) is 35.5. The van der Waals surface area contributed by atoms with E-state index in [1.165, 1.54) is 11.1 Å². The van der Waals surface area contributed by atoms with Gasteiger partial charge in [-0.1, -0.05) is 72.3 Å². The Bertz CT molecular complexity index is 1880. The number of hydrogen-bond donors (Lipinski definition) is 1. The van der Waals surface area contributed by atoms with Crippen LogP contribution in [0, 0.1) is 12.3 Å². The summed E-state index contributed by atoms with van der Waals surface area (Å²) < 4.78 is 5.56. The van der Waals surface area contributed by atoms with E-state index >= 15 is 0 Å². The van der Waals surface area contributed by atoms with Gasteiger partial charge in [0.25, 0.3) is 11.8 Å². The Labute approximate surface area is 282 Å². The lowest BCUT2D eigenvalue weighted by Gasteiger charge is -2.53. The summed E-state index contributed by atoms with van der Waals surface area (Å²) in [5.41, 5.74) is 7.35. The van der Waals surface area contributed by atoms with Crippen molar-refractivity contribution in [1.29, 1.82) is 0 Å². The van der Waals surface area contributed by atoms with Crippen molar-refractivity contribution in [3.8, 4) is 0 Å². The second-order valence-electron chi connectivity index (χ2n) is 12.9. The molecule has 7 heteroatoms. The highest BCUT2D eigenvalue weighted by atomic mass is 16.5. The molecule has 0 unspecified atom stereocenters. The molecule has 0 aliphatic carbocycles. The van der Waals surface area contributed by atoms with Crippen LogP contribution in [0.4, 0.5) is 17.2 Å². The predicted molar refractivity (Wildman–Crippen MR) is 193 cm³/mol. The molecule has 7 rings (SSSR count). The number of aryl methyl sites for hydroxylation is 1. The van der Waals surface area contributed by atoms with Crippen LogP contribution >= 0.6 is 0 Å². The Kier molecular flexibility index (Phi) is 9.03. The molecule has 4 heterocycles. The maximum atomic E-state index is 14.0. The molecule has 0 radical (unpaired) electrons. The molecule has 7 nitrogen and oxygen atoms in total. The van der Waals surface area contributed by atoms with E-state index in [0.717, 1.165) is 56.0 Å². The molecule has 3 aliphatic rings. The van der Waals surface area contributed by atoms with Gasteiger partial charge in [0.05, 0.1) is 11.3 Å². The quantitative estimate of drug-likeness (QED) is 0.241. The van der Waals surface area contributed by atoms with Crippen molar-refractivity contribution in [3.05, 3.63) is 143 Å². The maximum absolute atomic E-state index is 14.0. The van der Waals surface area contributed by atoms with E-state index in [2.05, 4.69) is 82.8 Å². The molecular weight excluding hydrogens is 596 g/mol. The topological polar surface area (TPSA) is 74.8 Å². The number of para-hydroxylation sites is 1. The zero-order chi connectivity index (χ0) is 32.9. The minimum absolute atomic E-state index is 0.0803. The number of benzene rings is 2. The molecular formula is C41H40N4O3. The summed E-state index contributed by atoms with van der Waals surface area (Å²) in [5, 5.41) is 3.02. The third kappa shape index (κ3) is 6.73. The van der Waals surface area contributed by atoms with E-state index < -0.39 is 0 Å². The van der Waals surface area contributed by atoms with Crippen molar-refractivity contribution in [2.75, 3.05) is 48.0 Å². The lowest BCUT2D eigenvalue weighted by atomic mass is 9.73. The number of rotatable bonds is 5. The van der Waals surface area contributed by atoms with Crippen LogP contribution in [0.25, 0.3) is 11.6 Å². The second-order valence-corrected chi connectivity index (χ2v) is 12.9. The van der Waals surface area contributed by atoms with Crippen LogP contribution in [0.5, 0.6) is 0 Å². The summed E-state index contributed by atoms with van der Waals surface area (Å²) >= 11 is 0. The van der Waals surface area contributed by atoms with Gasteiger partial charge in [-0.05, 0) is 91.4 Å². The van der Waals surface area contributed by atoms with E-state index in [1.807, 2.05) is 29.2 Å². The van der Waals surface area contributed by atoms with E-state index in [9.17, 15) is 9.59 Å². The number of fused-ring (bicyclic) bond motifs is 1. The van der Waals surface area contributed by atoms with Gasteiger partial charge < -0.3 is 19.9 Å². The van der Waals surface area contributed by atoms with Crippen molar-refractivity contribution in [2.24, 2.45) is 5.41 Å². The average molecular weight is 637 g/mol. The highest BCUT2D eigenvalue weighted by molar-refractivity contribution is 6.10. The number of carbonyl (C=O) groups excluding carboxylic acids is 2. The van der Waals surface area contributed by atoms with Crippen LogP contribution in [0.15, 0.2) is 115 Å². The Hall–Kier alpha value is -5.27. The molecule has 2 saturated heterocycles. The van der Waals surface area contributed by atoms with Crippen molar-refractivity contribution in [1.82, 2.24) is 4.98 Å². The van der Waals surface area contributed by atoms with Gasteiger partial charge in [-0.3, -0.25) is 9.59 Å². The Morgan fingerprint density at radius 2 is 1.50 bits per heavy atom. The minimum atomic E-state index is -0.217. The fourth-order valence-corrected chi connectivity index (χ4v) is 6.88. The lowest BCUT2D eigenvalue weighted by Crippen LogP contribution is -2.59. The smallest absolute Gasteiger partial charge is 0.259 e. The molecule has 1 spiro atoms. The SMILES string of the molecule is Cc1ccccc(C2=Cc3ccccc3N(C(=O)c3ccc(NC(=O)c4cccnc4N4CC5(CCOCC5)C4)cc3)CC2)cccc1. The number of carbonyl (C=O) groups is 2. The average Bonchev–Trinajstić information content (AvgIpc) is 3.30. The van der Waals surface area contributed by atoms with E-state index in [0.29, 0.717) is 35.6 Å². The van der Waals surface area contributed by atoms with Crippen LogP contribution in [-0.2, 0) is 4.74 Å². The number of hydrogen-bond acceptors (Lipinski definition) is 5. The molecule has 1 N–H and O–H groups in total. The lowest BCUT2D eigenvalue weighted by molar-refractivity contribution is -0.000509. The van der Waals surface area contributed by atoms with Crippen molar-refractivity contribution in [3.63, 3.8) is 0 Å². The summed E-state index contributed by atoms with van der Waals surface area (Å²) in [4.78, 5) is 36.1. The molecule has 0 bridgehead atoms. The summed E-state index contributed by atoms with van der Waals surface area (Å²) in [6.45, 7) is 6.00. The molecule has 4 aromatic rings. The first kappa shape index (κ1) is 31.3. The van der Waals surface area contributed by atoms with Gasteiger partial charge in [0.2, 0.25) is 0 Å². The Morgan fingerprint density at radius 3 is 2.25 bits per heavy atom. The summed E-state index contributed by atoms with van der Waals surface area (Å²) in [5.74, 6) is 0.414. The standard InChI is InChI=1S/C41H40N4O3/c1-30-9-2-4-11-31(12-5-3-10-30)33-20-24-45(37-15-7-6-13-34(37)27-33)40(47)32-16-18-35(19-17-32)43-39(46)36-14-8-23-42-38(36)44-28-41(29-44)21-25-48-26-22-41/h2-19,23,27H,20-22,24-26,28-29H2,1H3,(H,43,46). The van der Waals surface area contributed by atoms with Crippen molar-refractivity contribution >= 4 is 40.7 Å². The Morgan fingerprint density at radius 1 is 0.812 bits per heavy atom. The Balaban J connectivity index is 1.06. The monoisotopic (exact) mass is 636 g/mol. The zero-order valence-corrected chi connectivity index (χ0v) is 27.3. The van der Waals surface area contributed by atoms with Gasteiger partial charge >= 0.3 is 0 Å². The molecule has 1 aromatic heterocycles. The normalized spacial score (nSPS) is 16.5. The highest BCUT2D eigenvalue weighted by Gasteiger charge is 2.45. The van der Waals surface area contributed by atoms with E-state index in [4.69, 9.17) is 4.74 Å². The van der Waals surface area contributed by atoms with Crippen molar-refractivity contribution in [2.45, 2.75) is 26.2 Å². The van der Waals surface area contributed by atoms with Gasteiger partial charge in [0, 0.05) is 55.7 Å². The number of pyridine rings is 1. The van der Waals surface area contributed by atoms with Crippen molar-refractivity contribution < 1.29 is 14.3 Å². The second kappa shape index (κ2) is 13.8. The van der Waals surface area contributed by atoms with Crippen LogP contribution in [0.1, 0.15) is 56.7 Å². The molecule has 48 heavy (non-hydrogen) atoms. The molecule has 2 amide bonds. The number of anilines is 3. The van der Waals surface area contributed by atoms with Gasteiger partial charge in [-0.2, -0.15) is 0 Å². The largest absolute Gasteiger partial charge is 0.381 e. The third-order valence-electron chi connectivity index (χ3n) is 9.60. The molecule has 0 atom stereocenters. The molecule has 2 fully saturated rings. The number of amides is 2. The number of aromatic nitrogens is 1. The molecule has 3 aromatic carbocycles. The van der Waals surface area contributed by atoms with Gasteiger partial charge in [0.15, 0.2) is 0 Å². The first-order chi connectivity index (χ1) is 23.5. The number of nitrogens with one attached hydrogen (secondary N) is 1. The van der Waals surface area contributed by atoms with E-state index in [1.54, 1.807) is 36.5 Å². The van der Waals surface area contributed by atoms with Crippen LogP contribution in [0.3, 0.4) is 0 Å². The number of ether oxygens (including phenoxy) is 1. The minimum Gasteiger partial charge on any atom is -0.381 e. The zero-order valence-electron chi connectivity index (χ0n) is 27.3. The van der Waals surface area contributed by atoms with Crippen LogP contribution in [0.2, 0.25) is 0 Å². The van der Waals surface area contributed by atoms with Gasteiger partial charge in [0.1, 0.15) is 5.82 Å². The fraction of sp³-hybridized carbons (Fsp3) is 0.244. The first-order valence-corrected chi connectivity index (χ1v) is 16.7. The van der Waals surface area contributed by atoms with Gasteiger partial charge in [-0.25, -0.2) is 4.98 Å². The summed E-state index contributed by atoms with van der Waals surface area (Å²) in [7, 11) is 0. The summed E-state index contributed by atoms with van der Waals surface area (Å²) in [6.07, 6.45) is 6.73. The molecule has 0 saturated carbocycles. The van der Waals surface area contributed by atoms with E-state index in [-0.39, 0.29) is 17.2 Å². The first-order valence-electron chi connectivity index (χ1n) is 16.7. The maximum Gasteiger partial charge on any atom is 0.259 e. The molecule has 242 valence electrons. The molecule has 3 aliphatic heterocycles. The highest BCUT2D eigenvalue weighted by Crippen LogP contribution is 2.42. The fourth-order valence-electron chi connectivity index (χ4n) is 6.88.